The van der Waals surface area contributed by atoms with Crippen LogP contribution in [0.2, 0.25) is 0 Å². The van der Waals surface area contributed by atoms with Crippen molar-refractivity contribution >= 4 is 10.8 Å². The third-order valence-corrected chi connectivity index (χ3v) is 3.18. The topological polar surface area (TPSA) is 38.9 Å². The van der Waals surface area contributed by atoms with E-state index in [9.17, 15) is 0 Å². The van der Waals surface area contributed by atoms with E-state index in [0.29, 0.717) is 6.54 Å². The molecule has 0 radical (unpaired) electrons. The van der Waals surface area contributed by atoms with Crippen molar-refractivity contribution in [2.75, 3.05) is 6.54 Å². The minimum absolute atomic E-state index is 0.108. The summed E-state index contributed by atoms with van der Waals surface area (Å²) in [6, 6.07) is 8.46. The molecule has 84 valence electrons. The summed E-state index contributed by atoms with van der Waals surface area (Å²) in [5.41, 5.74) is 7.13. The van der Waals surface area contributed by atoms with Crippen LogP contribution in [0.1, 0.15) is 25.8 Å². The first-order chi connectivity index (χ1) is 7.65. The van der Waals surface area contributed by atoms with Crippen LogP contribution in [-0.4, -0.2) is 11.5 Å². The van der Waals surface area contributed by atoms with Crippen molar-refractivity contribution in [2.45, 2.75) is 25.7 Å². The van der Waals surface area contributed by atoms with E-state index in [0.717, 1.165) is 6.42 Å². The van der Waals surface area contributed by atoms with Crippen LogP contribution in [0.5, 0.6) is 0 Å². The van der Waals surface area contributed by atoms with Gasteiger partial charge in [0.1, 0.15) is 0 Å². The first-order valence-electron chi connectivity index (χ1n) is 5.68. The molecule has 0 spiro atoms. The van der Waals surface area contributed by atoms with Crippen molar-refractivity contribution in [3.63, 3.8) is 0 Å². The maximum absolute atomic E-state index is 5.68. The molecule has 16 heavy (non-hydrogen) atoms. The minimum atomic E-state index is 0.108. The highest BCUT2D eigenvalue weighted by Crippen LogP contribution is 2.31. The molecule has 2 nitrogen and oxygen atoms in total. The van der Waals surface area contributed by atoms with Gasteiger partial charge in [0.05, 0.1) is 0 Å². The zero-order chi connectivity index (χ0) is 11.6. The molecule has 0 fully saturated rings. The zero-order valence-electron chi connectivity index (χ0n) is 9.90. The molecule has 0 aliphatic heterocycles. The Labute approximate surface area is 96.5 Å². The molecule has 0 aliphatic rings. The van der Waals surface area contributed by atoms with Crippen molar-refractivity contribution in [3.8, 4) is 0 Å². The van der Waals surface area contributed by atoms with E-state index in [1.54, 1.807) is 0 Å². The smallest absolute Gasteiger partial charge is 0.0349 e. The maximum atomic E-state index is 5.68. The SMILES string of the molecule is CC(C)(CCN)c1cccc2ccncc12. The molecule has 0 saturated heterocycles. The van der Waals surface area contributed by atoms with Gasteiger partial charge in [0, 0.05) is 17.8 Å². The Morgan fingerprint density at radius 2 is 2.06 bits per heavy atom. The Morgan fingerprint density at radius 1 is 1.25 bits per heavy atom. The lowest BCUT2D eigenvalue weighted by Crippen LogP contribution is -2.22. The number of hydrogen-bond acceptors (Lipinski definition) is 2. The summed E-state index contributed by atoms with van der Waals surface area (Å²) in [7, 11) is 0. The van der Waals surface area contributed by atoms with Crippen LogP contribution in [0.4, 0.5) is 0 Å². The predicted molar refractivity (Wildman–Crippen MR) is 68.4 cm³/mol. The van der Waals surface area contributed by atoms with Gasteiger partial charge in [0.15, 0.2) is 0 Å². The summed E-state index contributed by atoms with van der Waals surface area (Å²) in [4.78, 5) is 4.22. The molecule has 2 heteroatoms. The van der Waals surface area contributed by atoms with Gasteiger partial charge in [-0.05, 0) is 35.4 Å². The minimum Gasteiger partial charge on any atom is -0.330 e. The highest BCUT2D eigenvalue weighted by molar-refractivity contribution is 5.85. The van der Waals surface area contributed by atoms with E-state index in [1.807, 2.05) is 12.4 Å². The van der Waals surface area contributed by atoms with Crippen molar-refractivity contribution in [1.82, 2.24) is 4.98 Å². The normalized spacial score (nSPS) is 11.9. The second kappa shape index (κ2) is 4.22. The van der Waals surface area contributed by atoms with Crippen molar-refractivity contribution in [1.29, 1.82) is 0 Å². The van der Waals surface area contributed by atoms with Crippen LogP contribution in [0.15, 0.2) is 36.7 Å². The highest BCUT2D eigenvalue weighted by atomic mass is 14.6. The maximum Gasteiger partial charge on any atom is 0.0349 e. The lowest BCUT2D eigenvalue weighted by atomic mass is 9.79. The molecule has 2 rings (SSSR count). The third-order valence-electron chi connectivity index (χ3n) is 3.18. The van der Waals surface area contributed by atoms with Gasteiger partial charge in [-0.1, -0.05) is 32.0 Å². The van der Waals surface area contributed by atoms with Crippen LogP contribution in [-0.2, 0) is 5.41 Å². The van der Waals surface area contributed by atoms with Crippen LogP contribution < -0.4 is 5.73 Å². The third kappa shape index (κ3) is 1.93. The Bertz CT molecular complexity index is 484. The lowest BCUT2D eigenvalue weighted by molar-refractivity contribution is 0.491. The zero-order valence-corrected chi connectivity index (χ0v) is 9.90. The Hall–Kier alpha value is -1.41. The number of rotatable bonds is 3. The Morgan fingerprint density at radius 3 is 2.81 bits per heavy atom. The van der Waals surface area contributed by atoms with Gasteiger partial charge < -0.3 is 5.73 Å². The second-order valence-corrected chi connectivity index (χ2v) is 4.82. The summed E-state index contributed by atoms with van der Waals surface area (Å²) in [5, 5.41) is 2.49. The molecule has 1 aromatic heterocycles. The molecule has 0 saturated carbocycles. The molecule has 1 aromatic carbocycles. The number of benzene rings is 1. The van der Waals surface area contributed by atoms with Crippen LogP contribution in [0, 0.1) is 0 Å². The molecule has 2 N–H and O–H groups in total. The molecule has 0 bridgehead atoms. The Kier molecular flexibility index (Phi) is 2.92. The van der Waals surface area contributed by atoms with Crippen LogP contribution >= 0.6 is 0 Å². The van der Waals surface area contributed by atoms with Gasteiger partial charge in [-0.2, -0.15) is 0 Å². The Balaban J connectivity index is 2.60. The first-order valence-corrected chi connectivity index (χ1v) is 5.68. The average molecular weight is 214 g/mol. The quantitative estimate of drug-likeness (QED) is 0.853. The molecular weight excluding hydrogens is 196 g/mol. The van der Waals surface area contributed by atoms with Crippen LogP contribution in [0.25, 0.3) is 10.8 Å². The monoisotopic (exact) mass is 214 g/mol. The molecule has 1 heterocycles. The number of aromatic nitrogens is 1. The van der Waals surface area contributed by atoms with E-state index >= 15 is 0 Å². The summed E-state index contributed by atoms with van der Waals surface area (Å²) in [5.74, 6) is 0. The molecule has 0 unspecified atom stereocenters. The predicted octanol–water partition coefficient (Wildman–Crippen LogP) is 2.86. The molecule has 0 aliphatic carbocycles. The summed E-state index contributed by atoms with van der Waals surface area (Å²) < 4.78 is 0. The van der Waals surface area contributed by atoms with Gasteiger partial charge >= 0.3 is 0 Å². The fourth-order valence-electron chi connectivity index (χ4n) is 2.20. The van der Waals surface area contributed by atoms with Gasteiger partial charge in [-0.3, -0.25) is 4.98 Å². The van der Waals surface area contributed by atoms with E-state index in [-0.39, 0.29) is 5.41 Å². The van der Waals surface area contributed by atoms with Gasteiger partial charge in [-0.25, -0.2) is 0 Å². The van der Waals surface area contributed by atoms with Gasteiger partial charge in [-0.15, -0.1) is 0 Å². The first kappa shape index (κ1) is 11.1. The van der Waals surface area contributed by atoms with Gasteiger partial charge in [0.25, 0.3) is 0 Å². The van der Waals surface area contributed by atoms with E-state index in [2.05, 4.69) is 43.1 Å². The largest absolute Gasteiger partial charge is 0.330 e. The second-order valence-electron chi connectivity index (χ2n) is 4.82. The van der Waals surface area contributed by atoms with Crippen molar-refractivity contribution < 1.29 is 0 Å². The van der Waals surface area contributed by atoms with E-state index < -0.39 is 0 Å². The summed E-state index contributed by atoms with van der Waals surface area (Å²) in [6.45, 7) is 5.19. The summed E-state index contributed by atoms with van der Waals surface area (Å²) >= 11 is 0. The van der Waals surface area contributed by atoms with Crippen molar-refractivity contribution in [3.05, 3.63) is 42.2 Å². The van der Waals surface area contributed by atoms with E-state index in [4.69, 9.17) is 5.73 Å². The highest BCUT2D eigenvalue weighted by Gasteiger charge is 2.21. The standard InChI is InChI=1S/C14H18N2/c1-14(2,7-8-15)13-5-3-4-11-6-9-16-10-12(11)13/h3-6,9-10H,7-8,15H2,1-2H3. The van der Waals surface area contributed by atoms with E-state index in [1.165, 1.54) is 16.3 Å². The molecular formula is C14H18N2. The number of nitrogens with zero attached hydrogens (tertiary/aromatic N) is 1. The van der Waals surface area contributed by atoms with Gasteiger partial charge in [0.2, 0.25) is 0 Å². The molecule has 0 amide bonds. The molecule has 0 atom stereocenters. The fourth-order valence-corrected chi connectivity index (χ4v) is 2.20. The number of pyridine rings is 1. The number of fused-ring (bicyclic) bond motifs is 1. The van der Waals surface area contributed by atoms with Crippen LogP contribution in [0.3, 0.4) is 0 Å². The van der Waals surface area contributed by atoms with Crippen molar-refractivity contribution in [2.24, 2.45) is 5.73 Å². The summed E-state index contributed by atoms with van der Waals surface area (Å²) in [6.07, 6.45) is 4.77. The lowest BCUT2D eigenvalue weighted by Gasteiger charge is -2.26. The molecule has 2 aromatic rings. The fraction of sp³-hybridized carbons (Fsp3) is 0.357. The number of hydrogen-bond donors (Lipinski definition) is 1. The number of nitrogens with two attached hydrogens (primary N) is 1. The average Bonchev–Trinajstić information content (AvgIpc) is 2.28.